The fourth-order valence-electron chi connectivity index (χ4n) is 7.61. The quantitative estimate of drug-likeness (QED) is 0.199. The van der Waals surface area contributed by atoms with Crippen LogP contribution in [-0.2, 0) is 5.41 Å². The third kappa shape index (κ3) is 3.90. The first-order valence-corrected chi connectivity index (χ1v) is 15.9. The van der Waals surface area contributed by atoms with Gasteiger partial charge >= 0.3 is 0 Å². The normalized spacial score (nSPS) is 13.1. The molecule has 0 bridgehead atoms. The molecule has 46 heavy (non-hydrogen) atoms. The van der Waals surface area contributed by atoms with E-state index in [9.17, 15) is 0 Å². The topological polar surface area (TPSA) is 16.4 Å². The van der Waals surface area contributed by atoms with E-state index >= 15 is 0 Å². The van der Waals surface area contributed by atoms with Crippen LogP contribution in [0.25, 0.3) is 44.2 Å². The molecule has 0 unspecified atom stereocenters. The Balaban J connectivity index is 1.37. The van der Waals surface area contributed by atoms with Gasteiger partial charge in [0.2, 0.25) is 0 Å². The van der Waals surface area contributed by atoms with Gasteiger partial charge in [-0.3, -0.25) is 0 Å². The molecule has 0 saturated heterocycles. The molecule has 2 nitrogen and oxygen atoms in total. The fourth-order valence-corrected chi connectivity index (χ4v) is 7.61. The molecule has 0 N–H and O–H groups in total. The average molecular weight is 590 g/mol. The molecule has 1 aromatic heterocycles. The number of anilines is 3. The van der Waals surface area contributed by atoms with Crippen LogP contribution in [0.1, 0.15) is 23.6 Å². The smallest absolute Gasteiger partial charge is 0.141 e. The van der Waals surface area contributed by atoms with Gasteiger partial charge in [0.05, 0.1) is 5.69 Å². The van der Waals surface area contributed by atoms with E-state index in [1.807, 2.05) is 0 Å². The molecular formula is C44H31NO. The highest BCUT2D eigenvalue weighted by atomic mass is 16.3. The minimum atomic E-state index is -0.479. The minimum absolute atomic E-state index is 0.479. The summed E-state index contributed by atoms with van der Waals surface area (Å²) >= 11 is 0. The monoisotopic (exact) mass is 589 g/mol. The fraction of sp³-hybridized carbons (Fsp3) is 0.0455. The van der Waals surface area contributed by atoms with E-state index in [1.54, 1.807) is 0 Å². The van der Waals surface area contributed by atoms with Crippen LogP contribution in [0.3, 0.4) is 0 Å². The van der Waals surface area contributed by atoms with Crippen LogP contribution in [0.2, 0.25) is 0 Å². The summed E-state index contributed by atoms with van der Waals surface area (Å²) in [5, 5.41) is 2.26. The first kappa shape index (κ1) is 26.5. The molecule has 0 spiro atoms. The van der Waals surface area contributed by atoms with Crippen LogP contribution < -0.4 is 4.90 Å². The van der Waals surface area contributed by atoms with Gasteiger partial charge in [-0.25, -0.2) is 0 Å². The van der Waals surface area contributed by atoms with Gasteiger partial charge < -0.3 is 9.32 Å². The molecule has 0 saturated carbocycles. The number of benzene rings is 7. The maximum atomic E-state index is 6.90. The average Bonchev–Trinajstić information content (AvgIpc) is 3.63. The minimum Gasteiger partial charge on any atom is -0.456 e. The molecule has 2 heteroatoms. The molecule has 0 aliphatic heterocycles. The van der Waals surface area contributed by atoms with E-state index in [4.69, 9.17) is 4.42 Å². The molecule has 1 aliphatic rings. The molecule has 0 atom stereocenters. The highest BCUT2D eigenvalue weighted by Gasteiger charge is 2.44. The maximum absolute atomic E-state index is 6.90. The van der Waals surface area contributed by atoms with Gasteiger partial charge in [0.15, 0.2) is 0 Å². The van der Waals surface area contributed by atoms with E-state index in [-0.39, 0.29) is 0 Å². The Hall–Kier alpha value is -5.86. The highest BCUT2D eigenvalue weighted by molar-refractivity contribution is 6.09. The van der Waals surface area contributed by atoms with Crippen molar-refractivity contribution in [3.8, 4) is 22.3 Å². The van der Waals surface area contributed by atoms with Crippen molar-refractivity contribution in [3.63, 3.8) is 0 Å². The van der Waals surface area contributed by atoms with E-state index < -0.39 is 5.41 Å². The molecule has 8 aromatic rings. The number of hydrogen-bond acceptors (Lipinski definition) is 2. The molecule has 1 aliphatic carbocycles. The number of para-hydroxylation sites is 2. The lowest BCUT2D eigenvalue weighted by atomic mass is 9.72. The van der Waals surface area contributed by atoms with Crippen LogP contribution in [0.4, 0.5) is 17.1 Å². The van der Waals surface area contributed by atoms with Crippen LogP contribution in [-0.4, -0.2) is 0 Å². The van der Waals surface area contributed by atoms with Crippen molar-refractivity contribution in [1.29, 1.82) is 0 Å². The van der Waals surface area contributed by atoms with Gasteiger partial charge in [0, 0.05) is 33.1 Å². The van der Waals surface area contributed by atoms with Crippen LogP contribution >= 0.6 is 0 Å². The van der Waals surface area contributed by atoms with E-state index in [2.05, 4.69) is 182 Å². The molecule has 0 amide bonds. The molecule has 0 radical (unpaired) electrons. The summed E-state index contributed by atoms with van der Waals surface area (Å²) in [5.41, 5.74) is 13.3. The van der Waals surface area contributed by atoms with Crippen molar-refractivity contribution in [3.05, 3.63) is 187 Å². The molecule has 7 aromatic carbocycles. The number of furan rings is 1. The lowest BCUT2D eigenvalue weighted by Crippen LogP contribution is -2.26. The SMILES string of the molecule is CC1(c2c(N(c3ccccc3)c3ccc(-c4ccccc4)cc3)ccc3c2oc2ccccc23)c2ccccc2-c2ccccc21. The Morgan fingerprint density at radius 1 is 0.457 bits per heavy atom. The number of nitrogens with zero attached hydrogens (tertiary/aromatic N) is 1. The Morgan fingerprint density at radius 3 is 1.70 bits per heavy atom. The van der Waals surface area contributed by atoms with E-state index in [1.165, 1.54) is 33.4 Å². The lowest BCUT2D eigenvalue weighted by molar-refractivity contribution is 0.638. The third-order valence-electron chi connectivity index (χ3n) is 9.73. The Labute approximate surface area is 268 Å². The summed E-state index contributed by atoms with van der Waals surface area (Å²) in [6.07, 6.45) is 0. The largest absolute Gasteiger partial charge is 0.456 e. The van der Waals surface area contributed by atoms with Crippen LogP contribution in [0, 0.1) is 0 Å². The van der Waals surface area contributed by atoms with Crippen LogP contribution in [0.15, 0.2) is 174 Å². The molecular weight excluding hydrogens is 558 g/mol. The highest BCUT2D eigenvalue weighted by Crippen LogP contribution is 2.57. The van der Waals surface area contributed by atoms with Gasteiger partial charge in [-0.05, 0) is 82.8 Å². The van der Waals surface area contributed by atoms with Gasteiger partial charge in [-0.2, -0.15) is 0 Å². The van der Waals surface area contributed by atoms with Crippen molar-refractivity contribution < 1.29 is 4.42 Å². The Morgan fingerprint density at radius 2 is 1.00 bits per heavy atom. The zero-order valence-electron chi connectivity index (χ0n) is 25.5. The second kappa shape index (κ2) is 10.4. The Bertz CT molecular complexity index is 2320. The summed E-state index contributed by atoms with van der Waals surface area (Å²) in [4.78, 5) is 2.39. The summed E-state index contributed by atoms with van der Waals surface area (Å²) in [6, 6.07) is 60.8. The van der Waals surface area contributed by atoms with Crippen molar-refractivity contribution in [2.45, 2.75) is 12.3 Å². The van der Waals surface area contributed by atoms with Gasteiger partial charge in [-0.1, -0.05) is 127 Å². The van der Waals surface area contributed by atoms with Crippen LogP contribution in [0.5, 0.6) is 0 Å². The third-order valence-corrected chi connectivity index (χ3v) is 9.73. The second-order valence-electron chi connectivity index (χ2n) is 12.2. The molecule has 0 fully saturated rings. The number of hydrogen-bond donors (Lipinski definition) is 0. The number of rotatable bonds is 5. The summed E-state index contributed by atoms with van der Waals surface area (Å²) in [5.74, 6) is 0. The lowest BCUT2D eigenvalue weighted by Gasteiger charge is -2.35. The number of fused-ring (bicyclic) bond motifs is 6. The predicted octanol–water partition coefficient (Wildman–Crippen LogP) is 12.1. The summed E-state index contributed by atoms with van der Waals surface area (Å²) in [6.45, 7) is 2.38. The molecule has 218 valence electrons. The van der Waals surface area contributed by atoms with Gasteiger partial charge in [-0.15, -0.1) is 0 Å². The second-order valence-corrected chi connectivity index (χ2v) is 12.2. The van der Waals surface area contributed by atoms with Crippen molar-refractivity contribution in [2.75, 3.05) is 4.90 Å². The molecule has 9 rings (SSSR count). The zero-order chi connectivity index (χ0) is 30.7. The van der Waals surface area contributed by atoms with Crippen molar-refractivity contribution in [2.24, 2.45) is 0 Å². The summed E-state index contributed by atoms with van der Waals surface area (Å²) in [7, 11) is 0. The van der Waals surface area contributed by atoms with E-state index in [0.717, 1.165) is 44.6 Å². The first-order valence-electron chi connectivity index (χ1n) is 15.9. The van der Waals surface area contributed by atoms with Gasteiger partial charge in [0.25, 0.3) is 0 Å². The van der Waals surface area contributed by atoms with Crippen molar-refractivity contribution >= 4 is 39.0 Å². The van der Waals surface area contributed by atoms with Gasteiger partial charge in [0.1, 0.15) is 11.2 Å². The zero-order valence-corrected chi connectivity index (χ0v) is 25.5. The summed E-state index contributed by atoms with van der Waals surface area (Å²) < 4.78 is 6.90. The predicted molar refractivity (Wildman–Crippen MR) is 191 cm³/mol. The first-order chi connectivity index (χ1) is 22.7. The van der Waals surface area contributed by atoms with Crippen molar-refractivity contribution in [1.82, 2.24) is 0 Å². The van der Waals surface area contributed by atoms with E-state index in [0.29, 0.717) is 0 Å². The Kier molecular flexibility index (Phi) is 5.97. The molecule has 1 heterocycles. The maximum Gasteiger partial charge on any atom is 0.141 e. The standard InChI is InChI=1S/C44H31NO/c1-44(38-21-11-8-18-34(38)35-19-9-12-22-39(35)44)42-40(29-28-37-36-20-10-13-23-41(36)46-43(37)42)45(32-16-6-3-7-17-32)33-26-24-31(25-27-33)30-14-4-2-5-15-30/h2-29H,1H3.